The summed E-state index contributed by atoms with van der Waals surface area (Å²) in [7, 11) is -3.39. The molecule has 0 radical (unpaired) electrons. The van der Waals surface area contributed by atoms with E-state index >= 15 is 0 Å². The van der Waals surface area contributed by atoms with Gasteiger partial charge in [-0.2, -0.15) is 0 Å². The molecular formula is C25H29N3O3S2. The quantitative estimate of drug-likeness (QED) is 0.540. The Kier molecular flexibility index (Phi) is 6.97. The summed E-state index contributed by atoms with van der Waals surface area (Å²) >= 11 is 1.41. The van der Waals surface area contributed by atoms with Crippen LogP contribution in [0, 0.1) is 26.7 Å². The van der Waals surface area contributed by atoms with Gasteiger partial charge in [-0.1, -0.05) is 36.4 Å². The van der Waals surface area contributed by atoms with Crippen LogP contribution in [-0.2, 0) is 20.6 Å². The van der Waals surface area contributed by atoms with Crippen molar-refractivity contribution < 1.29 is 13.2 Å². The SMILES string of the molecule is Cc1cc(C)c(-c2csc(NC(=O)C3CCN(S(=O)(=O)Cc4ccccc4)CC3)n2)cc1C. The van der Waals surface area contributed by atoms with E-state index in [9.17, 15) is 13.2 Å². The molecule has 6 nitrogen and oxygen atoms in total. The summed E-state index contributed by atoms with van der Waals surface area (Å²) < 4.78 is 27.0. The first-order valence-corrected chi connectivity index (χ1v) is 13.6. The van der Waals surface area contributed by atoms with E-state index in [0.29, 0.717) is 31.1 Å². The molecule has 174 valence electrons. The van der Waals surface area contributed by atoms with Gasteiger partial charge in [-0.3, -0.25) is 4.79 Å². The number of nitrogens with zero attached hydrogens (tertiary/aromatic N) is 2. The minimum absolute atomic E-state index is 0.00943. The lowest BCUT2D eigenvalue weighted by molar-refractivity contribution is -0.120. The monoisotopic (exact) mass is 483 g/mol. The van der Waals surface area contributed by atoms with E-state index in [1.54, 1.807) is 0 Å². The Labute approximate surface area is 199 Å². The number of anilines is 1. The summed E-state index contributed by atoms with van der Waals surface area (Å²) in [6.07, 6.45) is 1.02. The van der Waals surface area contributed by atoms with Crippen molar-refractivity contribution in [1.82, 2.24) is 9.29 Å². The summed E-state index contributed by atoms with van der Waals surface area (Å²) in [6.45, 7) is 6.96. The second kappa shape index (κ2) is 9.75. The molecule has 0 bridgehead atoms. The van der Waals surface area contributed by atoms with Gasteiger partial charge in [0.1, 0.15) is 0 Å². The van der Waals surface area contributed by atoms with Crippen molar-refractivity contribution in [1.29, 1.82) is 0 Å². The lowest BCUT2D eigenvalue weighted by Gasteiger charge is -2.30. The normalized spacial score (nSPS) is 15.5. The van der Waals surface area contributed by atoms with E-state index < -0.39 is 10.0 Å². The molecule has 2 heterocycles. The first kappa shape index (κ1) is 23.6. The summed E-state index contributed by atoms with van der Waals surface area (Å²) in [5.74, 6) is -0.318. The number of sulfonamides is 1. The zero-order chi connectivity index (χ0) is 23.6. The summed E-state index contributed by atoms with van der Waals surface area (Å²) in [6, 6.07) is 13.5. The number of nitrogens with one attached hydrogen (secondary N) is 1. The molecule has 33 heavy (non-hydrogen) atoms. The highest BCUT2D eigenvalue weighted by Gasteiger charge is 2.31. The number of carbonyl (C=O) groups excluding carboxylic acids is 1. The van der Waals surface area contributed by atoms with E-state index in [0.717, 1.165) is 22.4 Å². The molecular weight excluding hydrogens is 454 g/mol. The summed E-state index contributed by atoms with van der Waals surface area (Å²) in [4.78, 5) is 17.4. The Morgan fingerprint density at radius 3 is 2.42 bits per heavy atom. The minimum Gasteiger partial charge on any atom is -0.302 e. The van der Waals surface area contributed by atoms with Crippen LogP contribution < -0.4 is 5.32 Å². The predicted octanol–water partition coefficient (Wildman–Crippen LogP) is 4.92. The lowest BCUT2D eigenvalue weighted by atomic mass is 9.97. The summed E-state index contributed by atoms with van der Waals surface area (Å²) in [5, 5.41) is 5.48. The third-order valence-electron chi connectivity index (χ3n) is 6.26. The van der Waals surface area contributed by atoms with Gasteiger partial charge in [-0.05, 0) is 61.9 Å². The molecule has 1 aliphatic rings. The van der Waals surface area contributed by atoms with Crippen LogP contribution in [0.3, 0.4) is 0 Å². The van der Waals surface area contributed by atoms with Gasteiger partial charge in [0.15, 0.2) is 5.13 Å². The van der Waals surface area contributed by atoms with Crippen molar-refractivity contribution in [3.63, 3.8) is 0 Å². The molecule has 1 aliphatic heterocycles. The highest BCUT2D eigenvalue weighted by molar-refractivity contribution is 7.88. The molecule has 0 aliphatic carbocycles. The van der Waals surface area contributed by atoms with Crippen LogP contribution in [0.25, 0.3) is 11.3 Å². The molecule has 8 heteroatoms. The number of aromatic nitrogens is 1. The number of aryl methyl sites for hydroxylation is 3. The fourth-order valence-corrected chi connectivity index (χ4v) is 6.45. The van der Waals surface area contributed by atoms with Crippen molar-refractivity contribution in [2.24, 2.45) is 5.92 Å². The van der Waals surface area contributed by atoms with E-state index in [1.807, 2.05) is 35.7 Å². The molecule has 1 saturated heterocycles. The number of thiazole rings is 1. The minimum atomic E-state index is -3.39. The number of rotatable bonds is 6. The fourth-order valence-electron chi connectivity index (χ4n) is 4.17. The zero-order valence-electron chi connectivity index (χ0n) is 19.2. The Balaban J connectivity index is 1.35. The largest absolute Gasteiger partial charge is 0.302 e. The van der Waals surface area contributed by atoms with Crippen LogP contribution in [0.2, 0.25) is 0 Å². The van der Waals surface area contributed by atoms with Crippen LogP contribution in [0.4, 0.5) is 5.13 Å². The molecule has 1 N–H and O–H groups in total. The maximum absolute atomic E-state index is 12.8. The molecule has 0 saturated carbocycles. The van der Waals surface area contributed by atoms with Gasteiger partial charge < -0.3 is 5.32 Å². The maximum Gasteiger partial charge on any atom is 0.229 e. The number of amides is 1. The average Bonchev–Trinajstić information content (AvgIpc) is 3.25. The average molecular weight is 484 g/mol. The van der Waals surface area contributed by atoms with E-state index in [-0.39, 0.29) is 17.6 Å². The number of carbonyl (C=O) groups is 1. The van der Waals surface area contributed by atoms with Crippen molar-refractivity contribution in [3.8, 4) is 11.3 Å². The van der Waals surface area contributed by atoms with E-state index in [2.05, 4.69) is 43.2 Å². The highest BCUT2D eigenvalue weighted by Crippen LogP contribution is 2.30. The third-order valence-corrected chi connectivity index (χ3v) is 8.87. The number of benzene rings is 2. The molecule has 0 spiro atoms. The molecule has 2 aromatic carbocycles. The van der Waals surface area contributed by atoms with Crippen molar-refractivity contribution >= 4 is 32.4 Å². The van der Waals surface area contributed by atoms with Crippen molar-refractivity contribution in [3.05, 3.63) is 70.1 Å². The molecule has 1 amide bonds. The standard InChI is InChI=1S/C25H29N3O3S2/c1-17-13-19(3)22(14-18(17)2)23-15-32-25(26-23)27-24(29)21-9-11-28(12-10-21)33(30,31)16-20-7-5-4-6-8-20/h4-8,13-15,21H,9-12,16H2,1-3H3,(H,26,27,29). The van der Waals surface area contributed by atoms with Gasteiger partial charge in [0.25, 0.3) is 0 Å². The van der Waals surface area contributed by atoms with Crippen molar-refractivity contribution in [2.75, 3.05) is 18.4 Å². The fraction of sp³-hybridized carbons (Fsp3) is 0.360. The van der Waals surface area contributed by atoms with Gasteiger partial charge in [0.05, 0.1) is 11.4 Å². The second-order valence-corrected chi connectivity index (χ2v) is 11.5. The predicted molar refractivity (Wildman–Crippen MR) is 134 cm³/mol. The molecule has 4 rings (SSSR count). The first-order valence-electron chi connectivity index (χ1n) is 11.1. The number of hydrogen-bond acceptors (Lipinski definition) is 5. The lowest BCUT2D eigenvalue weighted by Crippen LogP contribution is -2.41. The maximum atomic E-state index is 12.8. The second-order valence-electron chi connectivity index (χ2n) is 8.69. The van der Waals surface area contributed by atoms with Crippen LogP contribution in [0.15, 0.2) is 47.8 Å². The Bertz CT molecular complexity index is 1250. The van der Waals surface area contributed by atoms with Gasteiger partial charge in [0.2, 0.25) is 15.9 Å². The molecule has 0 atom stereocenters. The Morgan fingerprint density at radius 2 is 1.73 bits per heavy atom. The number of piperidine rings is 1. The van der Waals surface area contributed by atoms with E-state index in [4.69, 9.17) is 0 Å². The van der Waals surface area contributed by atoms with Gasteiger partial charge in [-0.25, -0.2) is 17.7 Å². The van der Waals surface area contributed by atoms with E-state index in [1.165, 1.54) is 26.8 Å². The van der Waals surface area contributed by atoms with Crippen LogP contribution in [-0.4, -0.2) is 36.7 Å². The van der Waals surface area contributed by atoms with Crippen molar-refractivity contribution in [2.45, 2.75) is 39.4 Å². The number of hydrogen-bond donors (Lipinski definition) is 1. The smallest absolute Gasteiger partial charge is 0.229 e. The molecule has 0 unspecified atom stereocenters. The topological polar surface area (TPSA) is 79.4 Å². The van der Waals surface area contributed by atoms with Gasteiger partial charge >= 0.3 is 0 Å². The Morgan fingerprint density at radius 1 is 1.06 bits per heavy atom. The zero-order valence-corrected chi connectivity index (χ0v) is 20.8. The molecule has 1 aromatic heterocycles. The van der Waals surface area contributed by atoms with Gasteiger partial charge in [0, 0.05) is 30.0 Å². The van der Waals surface area contributed by atoms with Crippen LogP contribution >= 0.6 is 11.3 Å². The molecule has 3 aromatic rings. The van der Waals surface area contributed by atoms with Crippen LogP contribution in [0.5, 0.6) is 0 Å². The Hall–Kier alpha value is -2.55. The summed E-state index contributed by atoms with van der Waals surface area (Å²) in [5.41, 5.74) is 6.33. The third kappa shape index (κ3) is 5.51. The first-order chi connectivity index (χ1) is 15.7. The van der Waals surface area contributed by atoms with Crippen LogP contribution in [0.1, 0.15) is 35.1 Å². The molecule has 1 fully saturated rings. The van der Waals surface area contributed by atoms with Gasteiger partial charge in [-0.15, -0.1) is 11.3 Å². The highest BCUT2D eigenvalue weighted by atomic mass is 32.2.